The topological polar surface area (TPSA) is 46.5 Å². The molecular formula is C12H15ClO3. The number of benzene rings is 1. The molecule has 0 saturated heterocycles. The van der Waals surface area contributed by atoms with Crippen molar-refractivity contribution in [3.8, 4) is 5.75 Å². The van der Waals surface area contributed by atoms with Crippen molar-refractivity contribution in [2.24, 2.45) is 0 Å². The summed E-state index contributed by atoms with van der Waals surface area (Å²) in [5.74, 6) is -0.438. The van der Waals surface area contributed by atoms with Gasteiger partial charge in [-0.25, -0.2) is 0 Å². The molecular weight excluding hydrogens is 228 g/mol. The van der Waals surface area contributed by atoms with E-state index in [1.54, 1.807) is 25.1 Å². The standard InChI is InChI=1S/C12H15ClO3/c1-4-12(2,11(14)15)8-6-5-7-9(13)10(8)16-3/h5-7H,4H2,1-3H3,(H,14,15). The lowest BCUT2D eigenvalue weighted by Crippen LogP contribution is -2.32. The summed E-state index contributed by atoms with van der Waals surface area (Å²) in [7, 11) is 1.49. The maximum absolute atomic E-state index is 11.3. The molecule has 0 aliphatic carbocycles. The summed E-state index contributed by atoms with van der Waals surface area (Å²) in [6.45, 7) is 3.50. The minimum absolute atomic E-state index is 0.431. The van der Waals surface area contributed by atoms with Crippen molar-refractivity contribution in [1.82, 2.24) is 0 Å². The normalized spacial score (nSPS) is 14.2. The van der Waals surface area contributed by atoms with Crippen molar-refractivity contribution >= 4 is 17.6 Å². The number of rotatable bonds is 4. The van der Waals surface area contributed by atoms with Crippen LogP contribution in [0.5, 0.6) is 5.75 Å². The van der Waals surface area contributed by atoms with Crippen LogP contribution in [0.4, 0.5) is 0 Å². The van der Waals surface area contributed by atoms with Crippen molar-refractivity contribution in [2.45, 2.75) is 25.7 Å². The minimum Gasteiger partial charge on any atom is -0.495 e. The van der Waals surface area contributed by atoms with Crippen molar-refractivity contribution in [1.29, 1.82) is 0 Å². The van der Waals surface area contributed by atoms with Crippen LogP contribution >= 0.6 is 11.6 Å². The molecule has 0 heterocycles. The van der Waals surface area contributed by atoms with Gasteiger partial charge in [0.05, 0.1) is 17.5 Å². The van der Waals surface area contributed by atoms with Crippen LogP contribution in [0, 0.1) is 0 Å². The molecule has 4 heteroatoms. The van der Waals surface area contributed by atoms with Gasteiger partial charge in [0.2, 0.25) is 0 Å². The minimum atomic E-state index is -0.976. The van der Waals surface area contributed by atoms with Crippen LogP contribution in [0.25, 0.3) is 0 Å². The van der Waals surface area contributed by atoms with Gasteiger partial charge in [0.15, 0.2) is 0 Å². The lowest BCUT2D eigenvalue weighted by atomic mass is 9.79. The first kappa shape index (κ1) is 12.8. The Bertz CT molecular complexity index is 403. The molecule has 88 valence electrons. The molecule has 0 aromatic heterocycles. The second-order valence-electron chi connectivity index (χ2n) is 3.81. The van der Waals surface area contributed by atoms with E-state index in [2.05, 4.69) is 0 Å². The highest BCUT2D eigenvalue weighted by molar-refractivity contribution is 6.32. The number of carboxylic acid groups (broad SMARTS) is 1. The molecule has 0 aliphatic heterocycles. The van der Waals surface area contributed by atoms with Gasteiger partial charge in [-0.2, -0.15) is 0 Å². The van der Waals surface area contributed by atoms with Crippen LogP contribution in [-0.2, 0) is 10.2 Å². The maximum atomic E-state index is 11.3. The fourth-order valence-corrected chi connectivity index (χ4v) is 1.86. The Kier molecular flexibility index (Phi) is 3.81. The number of ether oxygens (including phenoxy) is 1. The monoisotopic (exact) mass is 242 g/mol. The van der Waals surface area contributed by atoms with Gasteiger partial charge < -0.3 is 9.84 Å². The summed E-state index contributed by atoms with van der Waals surface area (Å²) in [6, 6.07) is 5.15. The summed E-state index contributed by atoms with van der Waals surface area (Å²) >= 11 is 5.98. The van der Waals surface area contributed by atoms with Gasteiger partial charge in [0.1, 0.15) is 5.75 Å². The lowest BCUT2D eigenvalue weighted by molar-refractivity contribution is -0.143. The highest BCUT2D eigenvalue weighted by atomic mass is 35.5. The van der Waals surface area contributed by atoms with Gasteiger partial charge in [-0.3, -0.25) is 4.79 Å². The third-order valence-electron chi connectivity index (χ3n) is 2.94. The number of methoxy groups -OCH3 is 1. The summed E-state index contributed by atoms with van der Waals surface area (Å²) in [4.78, 5) is 11.3. The molecule has 3 nitrogen and oxygen atoms in total. The highest BCUT2D eigenvalue weighted by Crippen LogP contribution is 2.38. The quantitative estimate of drug-likeness (QED) is 0.883. The van der Waals surface area contributed by atoms with E-state index in [0.29, 0.717) is 22.8 Å². The zero-order valence-electron chi connectivity index (χ0n) is 9.58. The van der Waals surface area contributed by atoms with E-state index in [1.165, 1.54) is 7.11 Å². The molecule has 1 aromatic carbocycles. The first-order valence-corrected chi connectivity index (χ1v) is 5.41. The average Bonchev–Trinajstić information content (AvgIpc) is 2.27. The summed E-state index contributed by atoms with van der Waals surface area (Å²) < 4.78 is 5.18. The maximum Gasteiger partial charge on any atom is 0.313 e. The molecule has 0 bridgehead atoms. The van der Waals surface area contributed by atoms with E-state index in [1.807, 2.05) is 6.92 Å². The molecule has 0 fully saturated rings. The summed E-state index contributed by atoms with van der Waals surface area (Å²) in [6.07, 6.45) is 0.471. The van der Waals surface area contributed by atoms with Crippen LogP contribution in [0.1, 0.15) is 25.8 Å². The van der Waals surface area contributed by atoms with Crippen LogP contribution in [0.15, 0.2) is 18.2 Å². The molecule has 0 radical (unpaired) electrons. The Labute approximate surface area is 100.0 Å². The SMILES string of the molecule is CCC(C)(C(=O)O)c1cccc(Cl)c1OC. The van der Waals surface area contributed by atoms with Crippen molar-refractivity contribution in [3.63, 3.8) is 0 Å². The number of para-hydroxylation sites is 1. The van der Waals surface area contributed by atoms with Crippen molar-refractivity contribution in [3.05, 3.63) is 28.8 Å². The molecule has 16 heavy (non-hydrogen) atoms. The lowest BCUT2D eigenvalue weighted by Gasteiger charge is -2.25. The molecule has 0 saturated carbocycles. The predicted molar refractivity (Wildman–Crippen MR) is 63.3 cm³/mol. The van der Waals surface area contributed by atoms with E-state index in [0.717, 1.165) is 0 Å². The molecule has 1 atom stereocenters. The van der Waals surface area contributed by atoms with Crippen molar-refractivity contribution < 1.29 is 14.6 Å². The first-order chi connectivity index (χ1) is 7.47. The summed E-state index contributed by atoms with van der Waals surface area (Å²) in [5.41, 5.74) is -0.367. The Hall–Kier alpha value is -1.22. The molecule has 0 aliphatic rings. The van der Waals surface area contributed by atoms with Crippen molar-refractivity contribution in [2.75, 3.05) is 7.11 Å². The third kappa shape index (κ3) is 2.00. The van der Waals surface area contributed by atoms with Crippen LogP contribution < -0.4 is 4.74 Å². The van der Waals surface area contributed by atoms with Gasteiger partial charge in [0.25, 0.3) is 0 Å². The number of aliphatic carboxylic acids is 1. The van der Waals surface area contributed by atoms with Gasteiger partial charge in [-0.05, 0) is 19.4 Å². The average molecular weight is 243 g/mol. The number of hydrogen-bond acceptors (Lipinski definition) is 2. The van der Waals surface area contributed by atoms with Gasteiger partial charge in [0, 0.05) is 5.56 Å². The van der Waals surface area contributed by atoms with Crippen LogP contribution in [-0.4, -0.2) is 18.2 Å². The van der Waals surface area contributed by atoms with E-state index < -0.39 is 11.4 Å². The Morgan fingerprint density at radius 1 is 1.56 bits per heavy atom. The van der Waals surface area contributed by atoms with E-state index in [-0.39, 0.29) is 0 Å². The largest absolute Gasteiger partial charge is 0.495 e. The van der Waals surface area contributed by atoms with E-state index in [9.17, 15) is 9.90 Å². The molecule has 0 amide bonds. The van der Waals surface area contributed by atoms with Gasteiger partial charge in [-0.1, -0.05) is 30.7 Å². The third-order valence-corrected chi connectivity index (χ3v) is 3.24. The molecule has 1 N–H and O–H groups in total. The highest BCUT2D eigenvalue weighted by Gasteiger charge is 2.36. The summed E-state index contributed by atoms with van der Waals surface area (Å²) in [5, 5.41) is 9.73. The predicted octanol–water partition coefficient (Wildman–Crippen LogP) is 3.10. The number of halogens is 1. The number of carbonyl (C=O) groups is 1. The fraction of sp³-hybridized carbons (Fsp3) is 0.417. The van der Waals surface area contributed by atoms with E-state index >= 15 is 0 Å². The first-order valence-electron chi connectivity index (χ1n) is 5.03. The Morgan fingerprint density at radius 3 is 2.62 bits per heavy atom. The molecule has 0 spiro atoms. The van der Waals surface area contributed by atoms with Gasteiger partial charge >= 0.3 is 5.97 Å². The zero-order chi connectivity index (χ0) is 12.3. The van der Waals surface area contributed by atoms with Crippen LogP contribution in [0.2, 0.25) is 5.02 Å². The molecule has 1 unspecified atom stereocenters. The van der Waals surface area contributed by atoms with E-state index in [4.69, 9.17) is 16.3 Å². The van der Waals surface area contributed by atoms with Crippen LogP contribution in [0.3, 0.4) is 0 Å². The number of carboxylic acids is 1. The molecule has 1 aromatic rings. The van der Waals surface area contributed by atoms with Gasteiger partial charge in [-0.15, -0.1) is 0 Å². The molecule has 1 rings (SSSR count). The smallest absolute Gasteiger partial charge is 0.313 e. The fourth-order valence-electron chi connectivity index (χ4n) is 1.61. The zero-order valence-corrected chi connectivity index (χ0v) is 10.3. The second kappa shape index (κ2) is 4.74. The Morgan fingerprint density at radius 2 is 2.19 bits per heavy atom. The number of hydrogen-bond donors (Lipinski definition) is 1. The Balaban J connectivity index is 3.41. The second-order valence-corrected chi connectivity index (χ2v) is 4.22.